The Hall–Kier alpha value is -2.87. The number of rotatable bonds is 7. The normalized spacial score (nSPS) is 12.1. The molecule has 0 spiro atoms. The Balaban J connectivity index is 1.44. The Morgan fingerprint density at radius 3 is 2.46 bits per heavy atom. The highest BCUT2D eigenvalue weighted by Crippen LogP contribution is 2.31. The fraction of sp³-hybridized carbons (Fsp3) is 0.261. The molecule has 0 bridgehead atoms. The third-order valence-electron chi connectivity index (χ3n) is 5.06. The Labute approximate surface area is 216 Å². The topological polar surface area (TPSA) is 93.8 Å². The molecular formula is C23H19F3IN5O2S. The monoisotopic (exact) mass is 613 g/mol. The van der Waals surface area contributed by atoms with Crippen molar-refractivity contribution in [1.82, 2.24) is 25.4 Å². The number of halogens is 4. The molecule has 0 unspecified atom stereocenters. The van der Waals surface area contributed by atoms with E-state index in [1.165, 1.54) is 35.1 Å². The van der Waals surface area contributed by atoms with Crippen molar-refractivity contribution >= 4 is 39.8 Å². The van der Waals surface area contributed by atoms with Crippen molar-refractivity contribution in [2.75, 3.05) is 6.54 Å². The quantitative estimate of drug-likeness (QED) is 0.206. The molecule has 35 heavy (non-hydrogen) atoms. The van der Waals surface area contributed by atoms with Crippen LogP contribution in [0.25, 0.3) is 22.8 Å². The van der Waals surface area contributed by atoms with E-state index in [4.69, 9.17) is 4.98 Å². The van der Waals surface area contributed by atoms with Crippen molar-refractivity contribution in [3.05, 3.63) is 70.0 Å². The van der Waals surface area contributed by atoms with Gasteiger partial charge in [0.1, 0.15) is 16.4 Å². The summed E-state index contributed by atoms with van der Waals surface area (Å²) < 4.78 is 43.3. The van der Waals surface area contributed by atoms with Crippen LogP contribution in [0.5, 0.6) is 0 Å². The molecule has 0 fully saturated rings. The molecule has 0 aliphatic carbocycles. The summed E-state index contributed by atoms with van der Waals surface area (Å²) in [4.78, 5) is 24.9. The van der Waals surface area contributed by atoms with E-state index in [0.717, 1.165) is 20.7 Å². The first-order valence-electron chi connectivity index (χ1n) is 10.3. The van der Waals surface area contributed by atoms with E-state index in [2.05, 4.69) is 59.7 Å². The van der Waals surface area contributed by atoms with Crippen LogP contribution in [0.1, 0.15) is 40.8 Å². The third kappa shape index (κ3) is 5.86. The van der Waals surface area contributed by atoms with E-state index in [9.17, 15) is 18.0 Å². The van der Waals surface area contributed by atoms with Gasteiger partial charge in [-0.15, -0.1) is 11.3 Å². The second-order valence-electron chi connectivity index (χ2n) is 8.26. The molecule has 1 N–H and O–H groups in total. The first-order chi connectivity index (χ1) is 16.6. The first-order valence-corrected chi connectivity index (χ1v) is 12.8. The molecule has 0 saturated heterocycles. The molecule has 4 aromatic rings. The zero-order chi connectivity index (χ0) is 25.2. The maximum atomic E-state index is 12.7. The minimum Gasteiger partial charge on any atom is -0.350 e. The molecule has 12 heteroatoms. The highest BCUT2D eigenvalue weighted by Gasteiger charge is 2.38. The van der Waals surface area contributed by atoms with Gasteiger partial charge < -0.3 is 9.84 Å². The molecule has 7 nitrogen and oxygen atoms in total. The summed E-state index contributed by atoms with van der Waals surface area (Å²) in [7, 11) is 0. The summed E-state index contributed by atoms with van der Waals surface area (Å²) in [6.45, 7) is 4.21. The van der Waals surface area contributed by atoms with Gasteiger partial charge in [-0.1, -0.05) is 71.9 Å². The van der Waals surface area contributed by atoms with Crippen LogP contribution in [0, 0.1) is 0 Å². The van der Waals surface area contributed by atoms with E-state index < -0.39 is 23.4 Å². The smallest absolute Gasteiger partial charge is 0.350 e. The van der Waals surface area contributed by atoms with Gasteiger partial charge in [0.15, 0.2) is 0 Å². The van der Waals surface area contributed by atoms with Gasteiger partial charge in [-0.2, -0.15) is 18.2 Å². The minimum atomic E-state index is -4.76. The fourth-order valence-corrected chi connectivity index (χ4v) is 4.54. The molecule has 0 aliphatic rings. The molecule has 3 heterocycles. The van der Waals surface area contributed by atoms with Gasteiger partial charge in [-0.3, -0.25) is 4.79 Å². The number of pyridine rings is 1. The Kier molecular flexibility index (Phi) is 7.22. The van der Waals surface area contributed by atoms with E-state index in [1.807, 2.05) is 31.4 Å². The number of hydrogen-bond acceptors (Lipinski definition) is 7. The van der Waals surface area contributed by atoms with Crippen LogP contribution < -0.4 is 5.32 Å². The molecule has 182 valence electrons. The Morgan fingerprint density at radius 1 is 1.06 bits per heavy atom. The lowest BCUT2D eigenvalue weighted by Crippen LogP contribution is -2.37. The van der Waals surface area contributed by atoms with Gasteiger partial charge in [0, 0.05) is 27.3 Å². The second kappa shape index (κ2) is 10.0. The Bertz CT molecular complexity index is 1340. The molecule has 0 radical (unpaired) electrons. The summed E-state index contributed by atoms with van der Waals surface area (Å²) in [5, 5.41) is 8.99. The van der Waals surface area contributed by atoms with Crippen LogP contribution in [-0.2, 0) is 16.0 Å². The van der Waals surface area contributed by atoms with Crippen LogP contribution in [-0.4, -0.2) is 32.6 Å². The summed E-state index contributed by atoms with van der Waals surface area (Å²) >= 11 is 3.83. The number of carbonyl (C=O) groups is 1. The highest BCUT2D eigenvalue weighted by atomic mass is 127. The van der Waals surface area contributed by atoms with E-state index in [1.54, 1.807) is 0 Å². The summed E-state index contributed by atoms with van der Waals surface area (Å²) in [6.07, 6.45) is -4.76. The maximum Gasteiger partial charge on any atom is 0.471 e. The first kappa shape index (κ1) is 25.2. The van der Waals surface area contributed by atoms with Crippen molar-refractivity contribution in [2.45, 2.75) is 29.9 Å². The van der Waals surface area contributed by atoms with Crippen molar-refractivity contribution in [3.8, 4) is 22.8 Å². The number of alkyl halides is 4. The van der Waals surface area contributed by atoms with Crippen molar-refractivity contribution < 1.29 is 22.5 Å². The molecule has 0 aliphatic heterocycles. The second-order valence-corrected chi connectivity index (χ2v) is 9.88. The third-order valence-corrected chi connectivity index (χ3v) is 7.15. The zero-order valence-corrected chi connectivity index (χ0v) is 21.5. The molecule has 0 saturated carbocycles. The standard InChI is InChI=1S/C23H19F3IN5O2S/c1-22(2,21-30-17(11-35-21)14-8-6-13(10-27)7-9-14)12-28-19(33)16-5-3-4-15(29-16)18-31-20(34-32-18)23(24,25)26/h3-9,11H,10,12H2,1-2H3,(H,28,33). The Morgan fingerprint density at radius 2 is 1.80 bits per heavy atom. The minimum absolute atomic E-state index is 0.00527. The lowest BCUT2D eigenvalue weighted by atomic mass is 9.94. The maximum absolute atomic E-state index is 12.7. The van der Waals surface area contributed by atoms with Crippen molar-refractivity contribution in [2.24, 2.45) is 0 Å². The van der Waals surface area contributed by atoms with E-state index in [-0.39, 0.29) is 23.8 Å². The average molecular weight is 613 g/mol. The van der Waals surface area contributed by atoms with E-state index >= 15 is 0 Å². The number of nitrogens with zero attached hydrogens (tertiary/aromatic N) is 4. The molecule has 1 aromatic carbocycles. The van der Waals surface area contributed by atoms with Crippen molar-refractivity contribution in [3.63, 3.8) is 0 Å². The van der Waals surface area contributed by atoms with Crippen LogP contribution >= 0.6 is 33.9 Å². The predicted octanol–water partition coefficient (Wildman–Crippen LogP) is 5.92. The van der Waals surface area contributed by atoms with Crippen LogP contribution in [0.15, 0.2) is 52.4 Å². The number of nitrogens with one attached hydrogen (secondary N) is 1. The molecule has 3 aromatic heterocycles. The predicted molar refractivity (Wildman–Crippen MR) is 133 cm³/mol. The van der Waals surface area contributed by atoms with Gasteiger partial charge >= 0.3 is 12.1 Å². The number of aromatic nitrogens is 4. The largest absolute Gasteiger partial charge is 0.471 e. The van der Waals surface area contributed by atoms with Gasteiger partial charge in [-0.05, 0) is 17.7 Å². The number of amides is 1. The van der Waals surface area contributed by atoms with Gasteiger partial charge in [-0.25, -0.2) is 9.97 Å². The SMILES string of the molecule is CC(C)(CNC(=O)c1cccc(-c2noc(C(F)(F)F)n2)n1)c1nc(-c2ccc(CI)cc2)cs1. The summed E-state index contributed by atoms with van der Waals surface area (Å²) in [6, 6.07) is 12.6. The van der Waals surface area contributed by atoms with Gasteiger partial charge in [0.2, 0.25) is 5.82 Å². The molecule has 1 amide bonds. The van der Waals surface area contributed by atoms with E-state index in [0.29, 0.717) is 0 Å². The lowest BCUT2D eigenvalue weighted by Gasteiger charge is -2.22. The number of hydrogen-bond donors (Lipinski definition) is 1. The molecule has 4 rings (SSSR count). The van der Waals surface area contributed by atoms with Gasteiger partial charge in [0.25, 0.3) is 5.91 Å². The summed E-state index contributed by atoms with van der Waals surface area (Å²) in [5.74, 6) is -2.31. The lowest BCUT2D eigenvalue weighted by molar-refractivity contribution is -0.159. The fourth-order valence-electron chi connectivity index (χ4n) is 3.08. The molecule has 0 atom stereocenters. The summed E-state index contributed by atoms with van der Waals surface area (Å²) in [5.41, 5.74) is 2.69. The number of carbonyl (C=O) groups excluding carboxylic acids is 1. The van der Waals surface area contributed by atoms with Gasteiger partial charge in [0.05, 0.1) is 5.69 Å². The van der Waals surface area contributed by atoms with Crippen molar-refractivity contribution in [1.29, 1.82) is 0 Å². The number of thiazole rings is 1. The van der Waals surface area contributed by atoms with Crippen LogP contribution in [0.4, 0.5) is 13.2 Å². The van der Waals surface area contributed by atoms with Crippen LogP contribution in [0.2, 0.25) is 0 Å². The average Bonchev–Trinajstić information content (AvgIpc) is 3.54. The highest BCUT2D eigenvalue weighted by molar-refractivity contribution is 14.1. The zero-order valence-electron chi connectivity index (χ0n) is 18.6. The van der Waals surface area contributed by atoms with Crippen LogP contribution in [0.3, 0.4) is 0 Å². The molecular weight excluding hydrogens is 594 g/mol. The number of benzene rings is 1.